The van der Waals surface area contributed by atoms with Gasteiger partial charge < -0.3 is 10.6 Å². The van der Waals surface area contributed by atoms with Gasteiger partial charge in [0.15, 0.2) is 5.11 Å². The molecule has 0 aliphatic rings. The monoisotopic (exact) mass is 346 g/mol. The van der Waals surface area contributed by atoms with Crippen molar-refractivity contribution in [3.8, 4) is 0 Å². The fraction of sp³-hybridized carbons (Fsp3) is 0.316. The third-order valence-corrected chi connectivity index (χ3v) is 4.70. The molecular weight excluding hydrogens is 324 g/mol. The van der Waals surface area contributed by atoms with Gasteiger partial charge in [0.25, 0.3) is 0 Å². The number of halogens is 1. The molecule has 0 amide bonds. The van der Waals surface area contributed by atoms with E-state index in [1.165, 1.54) is 16.7 Å². The normalized spacial score (nSPS) is 11.9. The average Bonchev–Trinajstić information content (AvgIpc) is 2.51. The van der Waals surface area contributed by atoms with Gasteiger partial charge in [0.1, 0.15) is 0 Å². The molecule has 2 aromatic carbocycles. The molecule has 0 aliphatic heterocycles. The summed E-state index contributed by atoms with van der Waals surface area (Å²) in [6, 6.07) is 12.6. The Bertz CT molecular complexity index is 713. The van der Waals surface area contributed by atoms with Crippen LogP contribution in [0.1, 0.15) is 41.6 Å². The van der Waals surface area contributed by atoms with Crippen molar-refractivity contribution in [2.75, 3.05) is 5.32 Å². The van der Waals surface area contributed by atoms with Crippen LogP contribution in [0.25, 0.3) is 0 Å². The van der Waals surface area contributed by atoms with Crippen LogP contribution in [0.4, 0.5) is 5.69 Å². The number of benzene rings is 2. The summed E-state index contributed by atoms with van der Waals surface area (Å²) < 4.78 is 0. The first-order chi connectivity index (χ1) is 10.9. The number of anilines is 1. The Hall–Kier alpha value is -1.58. The van der Waals surface area contributed by atoms with E-state index in [1.807, 2.05) is 25.1 Å². The smallest absolute Gasteiger partial charge is 0.171 e. The van der Waals surface area contributed by atoms with Gasteiger partial charge in [-0.2, -0.15) is 0 Å². The lowest BCUT2D eigenvalue weighted by atomic mass is 9.99. The molecule has 0 fully saturated rings. The number of nitrogens with one attached hydrogen (secondary N) is 2. The first-order valence-electron chi connectivity index (χ1n) is 7.81. The lowest BCUT2D eigenvalue weighted by Gasteiger charge is -2.21. The highest BCUT2D eigenvalue weighted by atomic mass is 35.5. The van der Waals surface area contributed by atoms with Crippen LogP contribution in [0.15, 0.2) is 36.4 Å². The van der Waals surface area contributed by atoms with Gasteiger partial charge >= 0.3 is 0 Å². The van der Waals surface area contributed by atoms with Gasteiger partial charge in [-0.1, -0.05) is 42.8 Å². The van der Waals surface area contributed by atoms with Crippen LogP contribution in [0.2, 0.25) is 5.02 Å². The molecule has 4 heteroatoms. The summed E-state index contributed by atoms with van der Waals surface area (Å²) in [5.74, 6) is 0. The summed E-state index contributed by atoms with van der Waals surface area (Å²) >= 11 is 11.6. The van der Waals surface area contributed by atoms with Gasteiger partial charge in [0.05, 0.1) is 6.04 Å². The molecule has 2 rings (SSSR count). The number of aryl methyl sites for hydroxylation is 3. The number of thiocarbonyl (C=S) groups is 1. The Morgan fingerprint density at radius 1 is 1.04 bits per heavy atom. The van der Waals surface area contributed by atoms with Crippen molar-refractivity contribution in [1.82, 2.24) is 5.32 Å². The Kier molecular flexibility index (Phi) is 6.03. The fourth-order valence-corrected chi connectivity index (χ4v) is 2.84. The maximum atomic E-state index is 6.15. The summed E-state index contributed by atoms with van der Waals surface area (Å²) in [6.45, 7) is 8.39. The molecule has 0 aliphatic carbocycles. The third kappa shape index (κ3) is 4.69. The lowest BCUT2D eigenvalue weighted by Crippen LogP contribution is -2.32. The van der Waals surface area contributed by atoms with Crippen molar-refractivity contribution in [3.63, 3.8) is 0 Å². The first kappa shape index (κ1) is 17.8. The zero-order chi connectivity index (χ0) is 17.0. The fourth-order valence-electron chi connectivity index (χ4n) is 2.40. The zero-order valence-corrected chi connectivity index (χ0v) is 15.6. The second-order valence-corrected chi connectivity index (χ2v) is 6.68. The van der Waals surface area contributed by atoms with Gasteiger partial charge in [-0.3, -0.25) is 0 Å². The van der Waals surface area contributed by atoms with Crippen molar-refractivity contribution >= 4 is 34.6 Å². The average molecular weight is 347 g/mol. The maximum Gasteiger partial charge on any atom is 0.171 e. The van der Waals surface area contributed by atoms with E-state index in [-0.39, 0.29) is 6.04 Å². The SMILES string of the molecule is CC[C@H](NC(=S)Nc1ccc(C)c(Cl)c1)c1ccc(C)c(C)c1. The van der Waals surface area contributed by atoms with E-state index >= 15 is 0 Å². The molecule has 2 N–H and O–H groups in total. The Labute approximate surface area is 149 Å². The van der Waals surface area contributed by atoms with E-state index in [0.29, 0.717) is 5.11 Å². The Morgan fingerprint density at radius 3 is 2.35 bits per heavy atom. The van der Waals surface area contributed by atoms with E-state index in [2.05, 4.69) is 49.6 Å². The van der Waals surface area contributed by atoms with Crippen molar-refractivity contribution in [3.05, 3.63) is 63.7 Å². The molecule has 0 saturated heterocycles. The van der Waals surface area contributed by atoms with Crippen LogP contribution in [0.5, 0.6) is 0 Å². The van der Waals surface area contributed by atoms with E-state index in [9.17, 15) is 0 Å². The van der Waals surface area contributed by atoms with E-state index in [4.69, 9.17) is 23.8 Å². The van der Waals surface area contributed by atoms with E-state index in [1.54, 1.807) is 0 Å². The molecule has 0 bridgehead atoms. The second kappa shape index (κ2) is 7.80. The molecule has 2 nitrogen and oxygen atoms in total. The van der Waals surface area contributed by atoms with Crippen molar-refractivity contribution in [1.29, 1.82) is 0 Å². The summed E-state index contributed by atoms with van der Waals surface area (Å²) in [7, 11) is 0. The molecule has 2 aromatic rings. The highest BCUT2D eigenvalue weighted by Gasteiger charge is 2.11. The summed E-state index contributed by atoms with van der Waals surface area (Å²) in [6.07, 6.45) is 0.957. The van der Waals surface area contributed by atoms with Crippen LogP contribution in [0, 0.1) is 20.8 Å². The number of rotatable bonds is 4. The zero-order valence-electron chi connectivity index (χ0n) is 14.0. The first-order valence-corrected chi connectivity index (χ1v) is 8.60. The summed E-state index contributed by atoms with van der Waals surface area (Å²) in [5.41, 5.74) is 5.80. The van der Waals surface area contributed by atoms with Crippen LogP contribution in [0.3, 0.4) is 0 Å². The van der Waals surface area contributed by atoms with Gasteiger partial charge in [-0.25, -0.2) is 0 Å². The molecule has 0 saturated carbocycles. The van der Waals surface area contributed by atoms with Gasteiger partial charge in [-0.05, 0) is 73.8 Å². The third-order valence-electron chi connectivity index (χ3n) is 4.08. The highest BCUT2D eigenvalue weighted by molar-refractivity contribution is 7.80. The molecule has 0 spiro atoms. The van der Waals surface area contributed by atoms with Gasteiger partial charge in [0, 0.05) is 10.7 Å². The largest absolute Gasteiger partial charge is 0.356 e. The molecule has 0 aromatic heterocycles. The highest BCUT2D eigenvalue weighted by Crippen LogP contribution is 2.22. The molecule has 0 unspecified atom stereocenters. The lowest BCUT2D eigenvalue weighted by molar-refractivity contribution is 0.628. The predicted octanol–water partition coefficient (Wildman–Crippen LogP) is 5.70. The van der Waals surface area contributed by atoms with Crippen LogP contribution in [-0.2, 0) is 0 Å². The molecule has 122 valence electrons. The second-order valence-electron chi connectivity index (χ2n) is 5.87. The molecule has 0 heterocycles. The standard InChI is InChI=1S/C19H23ClN2S/c1-5-18(15-8-6-12(2)14(4)10-15)22-19(23)21-16-9-7-13(3)17(20)11-16/h6-11,18H,5H2,1-4H3,(H2,21,22,23)/t18-/m0/s1. The predicted molar refractivity (Wildman–Crippen MR) is 104 cm³/mol. The van der Waals surface area contributed by atoms with E-state index in [0.717, 1.165) is 22.7 Å². The molecular formula is C19H23ClN2S. The van der Waals surface area contributed by atoms with Crippen LogP contribution in [-0.4, -0.2) is 5.11 Å². The molecule has 0 radical (unpaired) electrons. The van der Waals surface area contributed by atoms with Crippen LogP contribution >= 0.6 is 23.8 Å². The van der Waals surface area contributed by atoms with Gasteiger partial charge in [0.2, 0.25) is 0 Å². The minimum atomic E-state index is 0.190. The van der Waals surface area contributed by atoms with Crippen molar-refractivity contribution in [2.45, 2.75) is 40.2 Å². The van der Waals surface area contributed by atoms with Crippen molar-refractivity contribution < 1.29 is 0 Å². The van der Waals surface area contributed by atoms with Gasteiger partial charge in [-0.15, -0.1) is 0 Å². The quantitative estimate of drug-likeness (QED) is 0.694. The van der Waals surface area contributed by atoms with E-state index < -0.39 is 0 Å². The Morgan fingerprint density at radius 2 is 1.74 bits per heavy atom. The summed E-state index contributed by atoms with van der Waals surface area (Å²) in [4.78, 5) is 0. The summed E-state index contributed by atoms with van der Waals surface area (Å²) in [5, 5.41) is 7.94. The Balaban J connectivity index is 2.07. The van der Waals surface area contributed by atoms with Crippen molar-refractivity contribution in [2.24, 2.45) is 0 Å². The minimum absolute atomic E-state index is 0.190. The maximum absolute atomic E-state index is 6.15. The van der Waals surface area contributed by atoms with Crippen LogP contribution < -0.4 is 10.6 Å². The number of hydrogen-bond acceptors (Lipinski definition) is 1. The topological polar surface area (TPSA) is 24.1 Å². The molecule has 1 atom stereocenters. The minimum Gasteiger partial charge on any atom is -0.356 e. The number of hydrogen-bond donors (Lipinski definition) is 2. The molecule has 23 heavy (non-hydrogen) atoms.